The molecule has 1 aromatic rings. The summed E-state index contributed by atoms with van der Waals surface area (Å²) in [4.78, 5) is 27.8. The molecule has 3 rings (SSSR count). The standard InChI is InChI=1S/C16H25N5O2/c1-12-9-14-10-20(5-2-6-21(14)18-12)16(23)13-3-7-19(8-4-13)11-15(17)22/h9,13H,2-8,10-11H2,1H3,(H2,17,22). The summed E-state index contributed by atoms with van der Waals surface area (Å²) < 4.78 is 2.03. The van der Waals surface area contributed by atoms with Crippen LogP contribution < -0.4 is 5.73 Å². The maximum Gasteiger partial charge on any atom is 0.231 e. The number of primary amides is 1. The molecule has 2 N–H and O–H groups in total. The molecule has 126 valence electrons. The predicted molar refractivity (Wildman–Crippen MR) is 85.4 cm³/mol. The van der Waals surface area contributed by atoms with Crippen molar-refractivity contribution >= 4 is 11.8 Å². The van der Waals surface area contributed by atoms with Crippen molar-refractivity contribution in [2.75, 3.05) is 26.2 Å². The third-order valence-corrected chi connectivity index (χ3v) is 4.76. The number of fused-ring (bicyclic) bond motifs is 1. The molecule has 0 unspecified atom stereocenters. The molecule has 1 fully saturated rings. The fraction of sp³-hybridized carbons (Fsp3) is 0.688. The summed E-state index contributed by atoms with van der Waals surface area (Å²) in [6, 6.07) is 2.07. The second-order valence-corrected chi connectivity index (χ2v) is 6.63. The summed E-state index contributed by atoms with van der Waals surface area (Å²) in [5.41, 5.74) is 7.37. The smallest absolute Gasteiger partial charge is 0.231 e. The average molecular weight is 319 g/mol. The highest BCUT2D eigenvalue weighted by molar-refractivity contribution is 5.79. The summed E-state index contributed by atoms with van der Waals surface area (Å²) >= 11 is 0. The van der Waals surface area contributed by atoms with Crippen LogP contribution in [0, 0.1) is 12.8 Å². The first kappa shape index (κ1) is 16.0. The molecule has 0 saturated carbocycles. The fourth-order valence-electron chi connectivity index (χ4n) is 3.61. The van der Waals surface area contributed by atoms with Gasteiger partial charge in [0.05, 0.1) is 24.5 Å². The van der Waals surface area contributed by atoms with Crippen molar-refractivity contribution < 1.29 is 9.59 Å². The van der Waals surface area contributed by atoms with Crippen molar-refractivity contribution in [3.8, 4) is 0 Å². The van der Waals surface area contributed by atoms with Gasteiger partial charge in [-0.1, -0.05) is 0 Å². The molecule has 2 aliphatic rings. The van der Waals surface area contributed by atoms with Gasteiger partial charge in [-0.15, -0.1) is 0 Å². The summed E-state index contributed by atoms with van der Waals surface area (Å²) in [7, 11) is 0. The molecule has 2 amide bonds. The van der Waals surface area contributed by atoms with Crippen LogP contribution in [0.15, 0.2) is 6.07 Å². The van der Waals surface area contributed by atoms with E-state index >= 15 is 0 Å². The third kappa shape index (κ3) is 3.72. The number of aromatic nitrogens is 2. The van der Waals surface area contributed by atoms with Crippen LogP contribution in [0.5, 0.6) is 0 Å². The highest BCUT2D eigenvalue weighted by atomic mass is 16.2. The van der Waals surface area contributed by atoms with Gasteiger partial charge in [-0.05, 0) is 45.3 Å². The Morgan fingerprint density at radius 1 is 1.26 bits per heavy atom. The van der Waals surface area contributed by atoms with Crippen molar-refractivity contribution in [3.05, 3.63) is 17.5 Å². The van der Waals surface area contributed by atoms with E-state index in [1.807, 2.05) is 21.4 Å². The Hall–Kier alpha value is -1.89. The number of hydrogen-bond acceptors (Lipinski definition) is 4. The quantitative estimate of drug-likeness (QED) is 0.858. The second-order valence-electron chi connectivity index (χ2n) is 6.63. The lowest BCUT2D eigenvalue weighted by Gasteiger charge is -2.33. The minimum atomic E-state index is -0.300. The number of nitrogens with two attached hydrogens (primary N) is 1. The molecule has 7 heteroatoms. The zero-order valence-electron chi connectivity index (χ0n) is 13.7. The SMILES string of the molecule is Cc1cc2n(n1)CCCN(C(=O)C1CCN(CC(N)=O)CC1)C2. The van der Waals surface area contributed by atoms with Gasteiger partial charge in [-0.2, -0.15) is 5.10 Å². The largest absolute Gasteiger partial charge is 0.369 e. The maximum absolute atomic E-state index is 12.8. The Morgan fingerprint density at radius 3 is 2.70 bits per heavy atom. The molecule has 0 radical (unpaired) electrons. The van der Waals surface area contributed by atoms with Gasteiger partial charge < -0.3 is 10.6 Å². The fourth-order valence-corrected chi connectivity index (χ4v) is 3.61. The number of carbonyl (C=O) groups excluding carboxylic acids is 2. The number of aryl methyl sites for hydroxylation is 2. The molecular formula is C16H25N5O2. The van der Waals surface area contributed by atoms with E-state index in [9.17, 15) is 9.59 Å². The predicted octanol–water partition coefficient (Wildman–Crippen LogP) is 0.121. The third-order valence-electron chi connectivity index (χ3n) is 4.76. The highest BCUT2D eigenvalue weighted by Crippen LogP contribution is 2.22. The number of nitrogens with zero attached hydrogens (tertiary/aromatic N) is 4. The lowest BCUT2D eigenvalue weighted by Crippen LogP contribution is -2.44. The molecule has 3 heterocycles. The van der Waals surface area contributed by atoms with Gasteiger partial charge in [0.15, 0.2) is 0 Å². The minimum Gasteiger partial charge on any atom is -0.369 e. The maximum atomic E-state index is 12.8. The van der Waals surface area contributed by atoms with Crippen molar-refractivity contribution in [2.24, 2.45) is 11.7 Å². The van der Waals surface area contributed by atoms with Crippen LogP contribution in [0.2, 0.25) is 0 Å². The van der Waals surface area contributed by atoms with E-state index in [0.29, 0.717) is 13.1 Å². The first-order chi connectivity index (χ1) is 11.0. The van der Waals surface area contributed by atoms with Gasteiger partial charge in [0.2, 0.25) is 11.8 Å². The first-order valence-corrected chi connectivity index (χ1v) is 8.35. The second kappa shape index (κ2) is 6.70. The summed E-state index contributed by atoms with van der Waals surface area (Å²) in [5.74, 6) is 0.0108. The topological polar surface area (TPSA) is 84.5 Å². The lowest BCUT2D eigenvalue weighted by molar-refractivity contribution is -0.137. The highest BCUT2D eigenvalue weighted by Gasteiger charge is 2.30. The Labute approximate surface area is 136 Å². The number of amides is 2. The van der Waals surface area contributed by atoms with Gasteiger partial charge in [0.1, 0.15) is 0 Å². The zero-order chi connectivity index (χ0) is 16.4. The van der Waals surface area contributed by atoms with E-state index in [1.54, 1.807) is 0 Å². The average Bonchev–Trinajstić information content (AvgIpc) is 2.74. The number of piperidine rings is 1. The monoisotopic (exact) mass is 319 g/mol. The molecule has 0 spiro atoms. The van der Waals surface area contributed by atoms with Gasteiger partial charge in [-0.25, -0.2) is 0 Å². The van der Waals surface area contributed by atoms with E-state index in [4.69, 9.17) is 5.73 Å². The molecule has 7 nitrogen and oxygen atoms in total. The number of hydrogen-bond donors (Lipinski definition) is 1. The molecular weight excluding hydrogens is 294 g/mol. The Morgan fingerprint density at radius 2 is 2.00 bits per heavy atom. The Balaban J connectivity index is 1.59. The first-order valence-electron chi connectivity index (χ1n) is 8.35. The summed E-state index contributed by atoms with van der Waals surface area (Å²) in [6.45, 7) is 6.15. The van der Waals surface area contributed by atoms with Crippen molar-refractivity contribution in [1.29, 1.82) is 0 Å². The molecule has 1 saturated heterocycles. The van der Waals surface area contributed by atoms with Gasteiger partial charge in [-0.3, -0.25) is 19.2 Å². The van der Waals surface area contributed by atoms with E-state index in [-0.39, 0.29) is 17.7 Å². The molecule has 1 aromatic heterocycles. The van der Waals surface area contributed by atoms with Gasteiger partial charge in [0, 0.05) is 19.0 Å². The summed E-state index contributed by atoms with van der Waals surface area (Å²) in [5, 5.41) is 4.48. The van der Waals surface area contributed by atoms with Crippen LogP contribution in [0.1, 0.15) is 30.7 Å². The molecule has 23 heavy (non-hydrogen) atoms. The van der Waals surface area contributed by atoms with Crippen LogP contribution >= 0.6 is 0 Å². The zero-order valence-corrected chi connectivity index (χ0v) is 13.7. The minimum absolute atomic E-state index is 0.0645. The number of likely N-dealkylation sites (tertiary alicyclic amines) is 1. The van der Waals surface area contributed by atoms with Crippen LogP contribution in [-0.4, -0.2) is 57.6 Å². The molecule has 2 aliphatic heterocycles. The molecule has 0 aliphatic carbocycles. The van der Waals surface area contributed by atoms with Crippen LogP contribution in [0.25, 0.3) is 0 Å². The van der Waals surface area contributed by atoms with E-state index in [2.05, 4.69) is 11.2 Å². The Kier molecular flexibility index (Phi) is 4.66. The van der Waals surface area contributed by atoms with E-state index < -0.39 is 0 Å². The number of rotatable bonds is 3. The Bertz CT molecular complexity index is 589. The number of carbonyl (C=O) groups is 2. The van der Waals surface area contributed by atoms with Crippen molar-refractivity contribution in [3.63, 3.8) is 0 Å². The molecule has 0 aromatic carbocycles. The van der Waals surface area contributed by atoms with Crippen LogP contribution in [0.3, 0.4) is 0 Å². The van der Waals surface area contributed by atoms with Gasteiger partial charge >= 0.3 is 0 Å². The van der Waals surface area contributed by atoms with E-state index in [0.717, 1.165) is 56.8 Å². The van der Waals surface area contributed by atoms with Crippen LogP contribution in [0.4, 0.5) is 0 Å². The molecule has 0 atom stereocenters. The summed E-state index contributed by atoms with van der Waals surface area (Å²) in [6.07, 6.45) is 2.56. The van der Waals surface area contributed by atoms with Crippen molar-refractivity contribution in [2.45, 2.75) is 39.3 Å². The molecule has 0 bridgehead atoms. The van der Waals surface area contributed by atoms with Crippen LogP contribution in [-0.2, 0) is 22.7 Å². The lowest BCUT2D eigenvalue weighted by atomic mass is 9.95. The van der Waals surface area contributed by atoms with E-state index in [1.165, 1.54) is 0 Å². The normalized spacial score (nSPS) is 20.1. The van der Waals surface area contributed by atoms with Gasteiger partial charge in [0.25, 0.3) is 0 Å². The van der Waals surface area contributed by atoms with Crippen molar-refractivity contribution in [1.82, 2.24) is 19.6 Å².